The van der Waals surface area contributed by atoms with Gasteiger partial charge in [0.05, 0.1) is 5.03 Å². The molecule has 1 saturated carbocycles. The smallest absolute Gasteiger partial charge is 0.0992 e. The van der Waals surface area contributed by atoms with Crippen LogP contribution in [0, 0.1) is 6.92 Å². The Morgan fingerprint density at radius 2 is 2.14 bits per heavy atom. The zero-order valence-electron chi connectivity index (χ0n) is 12.1. The summed E-state index contributed by atoms with van der Waals surface area (Å²) >= 11 is 7.93. The Hall–Kier alpha value is -1.03. The van der Waals surface area contributed by atoms with Gasteiger partial charge in [-0.15, -0.1) is 11.8 Å². The van der Waals surface area contributed by atoms with Gasteiger partial charge in [0.25, 0.3) is 0 Å². The van der Waals surface area contributed by atoms with E-state index < -0.39 is 0 Å². The van der Waals surface area contributed by atoms with Crippen molar-refractivity contribution in [1.29, 1.82) is 0 Å². The number of nitrogens with zero attached hydrogens (tertiary/aromatic N) is 1. The van der Waals surface area contributed by atoms with Gasteiger partial charge in [0, 0.05) is 29.6 Å². The lowest BCUT2D eigenvalue weighted by Crippen LogP contribution is -2.15. The monoisotopic (exact) mass is 318 g/mol. The fourth-order valence-corrected chi connectivity index (χ4v) is 3.42. The first-order valence-electron chi connectivity index (χ1n) is 7.27. The van der Waals surface area contributed by atoms with Crippen LogP contribution in [-0.2, 0) is 12.3 Å². The van der Waals surface area contributed by atoms with Gasteiger partial charge in [-0.3, -0.25) is 0 Å². The highest BCUT2D eigenvalue weighted by Crippen LogP contribution is 2.27. The van der Waals surface area contributed by atoms with Crippen LogP contribution in [0.3, 0.4) is 0 Å². The number of aromatic nitrogens is 1. The van der Waals surface area contributed by atoms with Crippen LogP contribution in [0.1, 0.15) is 29.5 Å². The summed E-state index contributed by atoms with van der Waals surface area (Å²) < 4.78 is 0. The second kappa shape index (κ2) is 6.82. The largest absolute Gasteiger partial charge is 0.310 e. The number of thioether (sulfide) groups is 1. The zero-order valence-corrected chi connectivity index (χ0v) is 13.7. The van der Waals surface area contributed by atoms with Crippen LogP contribution in [0.4, 0.5) is 0 Å². The van der Waals surface area contributed by atoms with Gasteiger partial charge in [0.15, 0.2) is 0 Å². The molecule has 1 aliphatic rings. The number of hydrogen-bond acceptors (Lipinski definition) is 3. The maximum absolute atomic E-state index is 6.19. The van der Waals surface area contributed by atoms with Gasteiger partial charge in [-0.1, -0.05) is 35.9 Å². The fraction of sp³-hybridized carbons (Fsp3) is 0.353. The Morgan fingerprint density at radius 3 is 2.86 bits per heavy atom. The number of halogens is 1. The molecule has 0 amide bonds. The summed E-state index contributed by atoms with van der Waals surface area (Å²) in [5, 5.41) is 5.44. The third kappa shape index (κ3) is 4.22. The predicted molar refractivity (Wildman–Crippen MR) is 89.8 cm³/mol. The van der Waals surface area contributed by atoms with E-state index in [0.29, 0.717) is 0 Å². The summed E-state index contributed by atoms with van der Waals surface area (Å²) in [5.41, 5.74) is 3.66. The van der Waals surface area contributed by atoms with Gasteiger partial charge < -0.3 is 5.32 Å². The molecular weight excluding hydrogens is 300 g/mol. The quantitative estimate of drug-likeness (QED) is 0.789. The Balaban J connectivity index is 1.61. The molecule has 110 valence electrons. The van der Waals surface area contributed by atoms with E-state index in [1.165, 1.54) is 24.0 Å². The van der Waals surface area contributed by atoms with E-state index in [4.69, 9.17) is 11.6 Å². The second-order valence-electron chi connectivity index (χ2n) is 5.50. The fourth-order valence-electron chi connectivity index (χ4n) is 2.18. The minimum atomic E-state index is 0.736. The van der Waals surface area contributed by atoms with Crippen molar-refractivity contribution in [3.63, 3.8) is 0 Å². The number of nitrogens with one attached hydrogen (secondary N) is 1. The molecule has 1 N–H and O–H groups in total. The summed E-state index contributed by atoms with van der Waals surface area (Å²) in [7, 11) is 0. The molecule has 1 aromatic carbocycles. The highest BCUT2D eigenvalue weighted by Gasteiger charge is 2.20. The number of pyridine rings is 1. The third-order valence-corrected chi connectivity index (χ3v) is 5.11. The normalized spacial score (nSPS) is 14.4. The molecule has 2 nitrogen and oxygen atoms in total. The topological polar surface area (TPSA) is 24.9 Å². The van der Waals surface area contributed by atoms with Crippen molar-refractivity contribution in [2.24, 2.45) is 0 Å². The summed E-state index contributed by atoms with van der Waals surface area (Å²) in [6.07, 6.45) is 4.62. The van der Waals surface area contributed by atoms with Gasteiger partial charge in [0.2, 0.25) is 0 Å². The van der Waals surface area contributed by atoms with Crippen LogP contribution in [0.5, 0.6) is 0 Å². The lowest BCUT2D eigenvalue weighted by Gasteiger charge is -2.09. The molecule has 3 rings (SSSR count). The molecule has 1 heterocycles. The van der Waals surface area contributed by atoms with Crippen molar-refractivity contribution in [2.75, 3.05) is 0 Å². The number of benzene rings is 1. The van der Waals surface area contributed by atoms with Gasteiger partial charge in [-0.2, -0.15) is 0 Å². The van der Waals surface area contributed by atoms with Crippen LogP contribution in [0.2, 0.25) is 5.02 Å². The molecule has 0 radical (unpaired) electrons. The summed E-state index contributed by atoms with van der Waals surface area (Å²) in [4.78, 5) is 4.60. The minimum absolute atomic E-state index is 0.736. The van der Waals surface area contributed by atoms with Crippen molar-refractivity contribution in [3.8, 4) is 0 Å². The van der Waals surface area contributed by atoms with Crippen LogP contribution in [0.15, 0.2) is 41.6 Å². The highest BCUT2D eigenvalue weighted by molar-refractivity contribution is 7.98. The molecule has 1 aliphatic carbocycles. The molecule has 1 aromatic heterocycles. The van der Waals surface area contributed by atoms with Crippen molar-refractivity contribution in [1.82, 2.24) is 10.3 Å². The molecule has 21 heavy (non-hydrogen) atoms. The van der Waals surface area contributed by atoms with Gasteiger partial charge in [-0.05, 0) is 42.5 Å². The Bertz CT molecular complexity index is 626. The molecule has 4 heteroatoms. The SMILES string of the molecule is Cc1cc(CNC2CC2)cnc1SCc1ccccc1Cl. The highest BCUT2D eigenvalue weighted by atomic mass is 35.5. The van der Waals surface area contributed by atoms with E-state index in [9.17, 15) is 0 Å². The van der Waals surface area contributed by atoms with Gasteiger partial charge in [0.1, 0.15) is 0 Å². The lowest BCUT2D eigenvalue weighted by molar-refractivity contribution is 0.684. The average molecular weight is 319 g/mol. The second-order valence-corrected chi connectivity index (χ2v) is 6.87. The van der Waals surface area contributed by atoms with Crippen molar-refractivity contribution < 1.29 is 0 Å². The third-order valence-electron chi connectivity index (χ3n) is 3.58. The maximum Gasteiger partial charge on any atom is 0.0992 e. The molecule has 0 atom stereocenters. The Morgan fingerprint density at radius 1 is 1.33 bits per heavy atom. The van der Waals surface area contributed by atoms with E-state index >= 15 is 0 Å². The van der Waals surface area contributed by atoms with E-state index in [0.717, 1.165) is 34.0 Å². The lowest BCUT2D eigenvalue weighted by atomic mass is 10.2. The van der Waals surface area contributed by atoms with E-state index in [1.807, 2.05) is 24.4 Å². The zero-order chi connectivity index (χ0) is 14.7. The Labute approximate surface area is 135 Å². The van der Waals surface area contributed by atoms with Gasteiger partial charge in [-0.25, -0.2) is 4.98 Å². The van der Waals surface area contributed by atoms with Gasteiger partial charge >= 0.3 is 0 Å². The van der Waals surface area contributed by atoms with Crippen LogP contribution < -0.4 is 5.32 Å². The molecule has 2 aromatic rings. The number of hydrogen-bond donors (Lipinski definition) is 1. The maximum atomic E-state index is 6.19. The van der Waals surface area contributed by atoms with E-state index in [1.54, 1.807) is 11.8 Å². The Kier molecular flexibility index (Phi) is 4.84. The van der Waals surface area contributed by atoms with Crippen molar-refractivity contribution in [2.45, 2.75) is 43.1 Å². The summed E-state index contributed by atoms with van der Waals surface area (Å²) in [5.74, 6) is 0.854. The minimum Gasteiger partial charge on any atom is -0.310 e. The molecule has 1 fully saturated rings. The van der Waals surface area contributed by atoms with Crippen LogP contribution in [-0.4, -0.2) is 11.0 Å². The molecular formula is C17H19ClN2S. The van der Waals surface area contributed by atoms with Crippen molar-refractivity contribution >= 4 is 23.4 Å². The average Bonchev–Trinajstić information content (AvgIpc) is 3.30. The van der Waals surface area contributed by atoms with Crippen LogP contribution in [0.25, 0.3) is 0 Å². The number of rotatable bonds is 6. The van der Waals surface area contributed by atoms with Crippen molar-refractivity contribution in [3.05, 3.63) is 58.2 Å². The molecule has 0 aliphatic heterocycles. The predicted octanol–water partition coefficient (Wildman–Crippen LogP) is 4.59. The molecule has 0 bridgehead atoms. The van der Waals surface area contributed by atoms with Crippen LogP contribution >= 0.6 is 23.4 Å². The van der Waals surface area contributed by atoms with E-state index in [-0.39, 0.29) is 0 Å². The summed E-state index contributed by atoms with van der Waals surface area (Å²) in [6.45, 7) is 3.05. The first-order valence-corrected chi connectivity index (χ1v) is 8.64. The molecule has 0 unspecified atom stereocenters. The van der Waals surface area contributed by atoms with E-state index in [2.05, 4.69) is 29.4 Å². The molecule has 0 saturated heterocycles. The standard InChI is InChI=1S/C17H19ClN2S/c1-12-8-13(9-19-15-6-7-15)10-20-17(12)21-11-14-4-2-3-5-16(14)18/h2-5,8,10,15,19H,6-7,9,11H2,1H3. The molecule has 0 spiro atoms. The first-order chi connectivity index (χ1) is 10.2. The number of aryl methyl sites for hydroxylation is 1. The first kappa shape index (κ1) is 14.9. The summed E-state index contributed by atoms with van der Waals surface area (Å²) in [6, 6.07) is 11.0.